The third-order valence-corrected chi connectivity index (χ3v) is 4.94. The monoisotopic (exact) mass is 465 g/mol. The Morgan fingerprint density at radius 2 is 1.41 bits per heavy atom. The topological polar surface area (TPSA) is 92.3 Å². The zero-order chi connectivity index (χ0) is 24.5. The van der Waals surface area contributed by atoms with Gasteiger partial charge in [-0.2, -0.15) is 0 Å². The highest BCUT2D eigenvalue weighted by atomic mass is 16.6. The summed E-state index contributed by atoms with van der Waals surface area (Å²) < 4.78 is 27.2. The van der Waals surface area contributed by atoms with Crippen molar-refractivity contribution in [3.8, 4) is 23.0 Å². The van der Waals surface area contributed by atoms with Gasteiger partial charge in [0.15, 0.2) is 11.5 Å². The summed E-state index contributed by atoms with van der Waals surface area (Å²) >= 11 is 0. The molecule has 0 radical (unpaired) electrons. The van der Waals surface area contributed by atoms with Gasteiger partial charge in [0.2, 0.25) is 6.10 Å². The van der Waals surface area contributed by atoms with E-state index in [1.54, 1.807) is 48.5 Å². The molecule has 0 aromatic heterocycles. The van der Waals surface area contributed by atoms with Crippen LogP contribution < -0.4 is 24.3 Å². The smallest absolute Gasteiger partial charge is 0.343 e. The van der Waals surface area contributed by atoms with Gasteiger partial charge in [-0.05, 0) is 19.1 Å². The van der Waals surface area contributed by atoms with Gasteiger partial charge < -0.3 is 29.0 Å². The van der Waals surface area contributed by atoms with Gasteiger partial charge in [-0.25, -0.2) is 4.79 Å². The molecule has 8 nitrogen and oxygen atoms in total. The van der Waals surface area contributed by atoms with E-state index in [0.29, 0.717) is 35.1 Å². The van der Waals surface area contributed by atoms with Gasteiger partial charge >= 0.3 is 5.97 Å². The molecule has 0 fully saturated rings. The highest BCUT2D eigenvalue weighted by molar-refractivity contribution is 6.00. The van der Waals surface area contributed by atoms with Crippen LogP contribution in [0, 0.1) is 0 Å². The number of hydrogen-bond acceptors (Lipinski definition) is 7. The molecule has 0 aliphatic heterocycles. The molecule has 0 heterocycles. The minimum absolute atomic E-state index is 0.0867. The second kappa shape index (κ2) is 11.6. The van der Waals surface area contributed by atoms with E-state index >= 15 is 0 Å². The average Bonchev–Trinajstić information content (AvgIpc) is 2.87. The van der Waals surface area contributed by atoms with Gasteiger partial charge in [0.1, 0.15) is 17.1 Å². The molecule has 34 heavy (non-hydrogen) atoms. The number of amides is 1. The number of carbonyl (C=O) groups is 2. The molecule has 8 heteroatoms. The highest BCUT2D eigenvalue weighted by Gasteiger charge is 2.28. The summed E-state index contributed by atoms with van der Waals surface area (Å²) in [5.41, 5.74) is 1.06. The maximum Gasteiger partial charge on any atom is 0.343 e. The van der Waals surface area contributed by atoms with Crippen LogP contribution in [0.15, 0.2) is 66.7 Å². The Balaban J connectivity index is 1.94. The minimum atomic E-state index is -1.24. The van der Waals surface area contributed by atoms with Crippen LogP contribution in [0.1, 0.15) is 28.9 Å². The van der Waals surface area contributed by atoms with E-state index in [0.717, 1.165) is 0 Å². The number of esters is 1. The van der Waals surface area contributed by atoms with Crippen molar-refractivity contribution in [2.24, 2.45) is 0 Å². The van der Waals surface area contributed by atoms with E-state index in [-0.39, 0.29) is 11.3 Å². The number of rotatable bonds is 10. The van der Waals surface area contributed by atoms with E-state index in [1.165, 1.54) is 33.5 Å². The Kier molecular flexibility index (Phi) is 8.34. The maximum absolute atomic E-state index is 13.3. The maximum atomic E-state index is 13.3. The van der Waals surface area contributed by atoms with Gasteiger partial charge in [0.25, 0.3) is 5.91 Å². The summed E-state index contributed by atoms with van der Waals surface area (Å²) in [6.07, 6.45) is -1.24. The number of ether oxygens (including phenoxy) is 5. The summed E-state index contributed by atoms with van der Waals surface area (Å²) in [5, 5.41) is 2.80. The summed E-state index contributed by atoms with van der Waals surface area (Å²) in [7, 11) is 4.35. The fourth-order valence-electron chi connectivity index (χ4n) is 3.31. The second-order valence-electron chi connectivity index (χ2n) is 7.02. The molecule has 0 saturated heterocycles. The average molecular weight is 466 g/mol. The van der Waals surface area contributed by atoms with Crippen molar-refractivity contribution < 1.29 is 33.3 Å². The molecule has 1 atom stereocenters. The fourth-order valence-corrected chi connectivity index (χ4v) is 3.31. The van der Waals surface area contributed by atoms with Crippen LogP contribution in [0.4, 0.5) is 5.69 Å². The van der Waals surface area contributed by atoms with Gasteiger partial charge in [-0.15, -0.1) is 0 Å². The van der Waals surface area contributed by atoms with Crippen molar-refractivity contribution in [3.63, 3.8) is 0 Å². The van der Waals surface area contributed by atoms with Crippen LogP contribution in [0.5, 0.6) is 23.0 Å². The normalized spacial score (nSPS) is 11.2. The molecule has 178 valence electrons. The minimum Gasteiger partial charge on any atom is -0.496 e. The number of carbonyl (C=O) groups excluding carboxylic acids is 2. The van der Waals surface area contributed by atoms with E-state index in [1.807, 2.05) is 13.0 Å². The molecule has 0 bridgehead atoms. The molecule has 1 unspecified atom stereocenters. The van der Waals surface area contributed by atoms with Gasteiger partial charge in [-0.3, -0.25) is 4.79 Å². The van der Waals surface area contributed by atoms with Crippen molar-refractivity contribution in [2.75, 3.05) is 33.3 Å². The van der Waals surface area contributed by atoms with Crippen molar-refractivity contribution in [2.45, 2.75) is 13.0 Å². The predicted molar refractivity (Wildman–Crippen MR) is 127 cm³/mol. The molecule has 1 amide bonds. The fraction of sp³-hybridized carbons (Fsp3) is 0.231. The molecule has 0 aliphatic carbocycles. The molecule has 1 N–H and O–H groups in total. The SMILES string of the molecule is CCOc1ccccc1NC(=O)C(OC(=O)c1cc(OC)c(OC)cc1OC)c1ccccc1. The van der Waals surface area contributed by atoms with Crippen LogP contribution in [0.25, 0.3) is 0 Å². The van der Waals surface area contributed by atoms with Crippen molar-refractivity contribution >= 4 is 17.6 Å². The predicted octanol–water partition coefficient (Wildman–Crippen LogP) is 4.65. The van der Waals surface area contributed by atoms with Crippen LogP contribution in [0.3, 0.4) is 0 Å². The Hall–Kier alpha value is -4.20. The molecule has 3 rings (SSSR count). The molecule has 3 aromatic rings. The number of hydrogen-bond donors (Lipinski definition) is 1. The lowest BCUT2D eigenvalue weighted by molar-refractivity contribution is -0.125. The lowest BCUT2D eigenvalue weighted by Crippen LogP contribution is -2.26. The Labute approximate surface area is 198 Å². The number of methoxy groups -OCH3 is 3. The zero-order valence-corrected chi connectivity index (χ0v) is 19.5. The van der Waals surface area contributed by atoms with Crippen molar-refractivity contribution in [1.29, 1.82) is 0 Å². The quantitative estimate of drug-likeness (QED) is 0.436. The zero-order valence-electron chi connectivity index (χ0n) is 19.5. The molecule has 0 aliphatic rings. The Bertz CT molecular complexity index is 1130. The molecular weight excluding hydrogens is 438 g/mol. The van der Waals surface area contributed by atoms with Gasteiger partial charge in [-0.1, -0.05) is 42.5 Å². The first-order valence-electron chi connectivity index (χ1n) is 10.6. The number of anilines is 1. The summed E-state index contributed by atoms with van der Waals surface area (Å²) in [6.45, 7) is 2.28. The summed E-state index contributed by atoms with van der Waals surface area (Å²) in [6, 6.07) is 18.7. The Morgan fingerprint density at radius 3 is 2.06 bits per heavy atom. The summed E-state index contributed by atoms with van der Waals surface area (Å²) in [5.74, 6) is 0.142. The van der Waals surface area contributed by atoms with Crippen LogP contribution in [-0.4, -0.2) is 39.8 Å². The number of nitrogens with one attached hydrogen (secondary N) is 1. The van der Waals surface area contributed by atoms with Gasteiger partial charge in [0, 0.05) is 17.7 Å². The first kappa shape index (κ1) is 24.4. The molecular formula is C26H27NO7. The first-order chi connectivity index (χ1) is 16.5. The second-order valence-corrected chi connectivity index (χ2v) is 7.02. The van der Waals surface area contributed by atoms with E-state index in [4.69, 9.17) is 23.7 Å². The number of benzene rings is 3. The van der Waals surface area contributed by atoms with E-state index in [9.17, 15) is 9.59 Å². The van der Waals surface area contributed by atoms with E-state index in [2.05, 4.69) is 5.32 Å². The van der Waals surface area contributed by atoms with Crippen molar-refractivity contribution in [3.05, 3.63) is 77.9 Å². The third-order valence-electron chi connectivity index (χ3n) is 4.94. The van der Waals surface area contributed by atoms with Crippen molar-refractivity contribution in [1.82, 2.24) is 0 Å². The lowest BCUT2D eigenvalue weighted by Gasteiger charge is -2.20. The first-order valence-corrected chi connectivity index (χ1v) is 10.6. The third kappa shape index (κ3) is 5.58. The lowest BCUT2D eigenvalue weighted by atomic mass is 10.1. The van der Waals surface area contributed by atoms with E-state index < -0.39 is 18.0 Å². The molecule has 0 spiro atoms. The molecule has 3 aromatic carbocycles. The highest BCUT2D eigenvalue weighted by Crippen LogP contribution is 2.36. The van der Waals surface area contributed by atoms with Crippen LogP contribution in [-0.2, 0) is 9.53 Å². The van der Waals surface area contributed by atoms with Gasteiger partial charge in [0.05, 0.1) is 33.6 Å². The Morgan fingerprint density at radius 1 is 0.794 bits per heavy atom. The van der Waals surface area contributed by atoms with Crippen LogP contribution in [0.2, 0.25) is 0 Å². The standard InChI is InChI=1S/C26H27NO7/c1-5-33-20-14-10-9-13-19(20)27-25(28)24(17-11-7-6-8-12-17)34-26(29)18-15-22(31-3)23(32-4)16-21(18)30-2/h6-16,24H,5H2,1-4H3,(H,27,28). The van der Waals surface area contributed by atoms with Crippen LogP contribution >= 0.6 is 0 Å². The number of para-hydroxylation sites is 2. The molecule has 0 saturated carbocycles. The largest absolute Gasteiger partial charge is 0.496 e. The summed E-state index contributed by atoms with van der Waals surface area (Å²) in [4.78, 5) is 26.5.